The lowest BCUT2D eigenvalue weighted by Crippen LogP contribution is -2.33. The third-order valence-corrected chi connectivity index (χ3v) is 5.00. The van der Waals surface area contributed by atoms with Crippen molar-refractivity contribution in [3.63, 3.8) is 0 Å². The average Bonchev–Trinajstić information content (AvgIpc) is 2.71. The third-order valence-electron chi connectivity index (χ3n) is 5.00. The molecule has 0 spiro atoms. The molecule has 2 N–H and O–H groups in total. The Hall–Kier alpha value is -2.15. The molecule has 0 aromatic heterocycles. The number of nitro groups is 1. The van der Waals surface area contributed by atoms with E-state index in [2.05, 4.69) is 6.92 Å². The Morgan fingerprint density at radius 2 is 1.34 bits per heavy atom. The Bertz CT molecular complexity index is 578. The standard InChI is InChI=1S/C22H37N3O4/c1-2-3-4-5-6-7-8-9-10-11-12-13-14-15-22(26)29-24(23)20-16-18-21(19-17-20)25(27)28/h16-19H,2-15,23H2,1H3. The summed E-state index contributed by atoms with van der Waals surface area (Å²) in [6.07, 6.45) is 16.6. The molecule has 0 aliphatic carbocycles. The molecule has 0 bridgehead atoms. The van der Waals surface area contributed by atoms with Crippen molar-refractivity contribution in [2.45, 2.75) is 96.8 Å². The number of carbonyl (C=O) groups excluding carboxylic acids is 1. The number of non-ortho nitro benzene ring substituents is 1. The zero-order valence-electron chi connectivity index (χ0n) is 17.8. The van der Waals surface area contributed by atoms with Crippen molar-refractivity contribution in [2.75, 3.05) is 5.17 Å². The summed E-state index contributed by atoms with van der Waals surface area (Å²) in [6.45, 7) is 2.25. The molecule has 0 saturated heterocycles. The highest BCUT2D eigenvalue weighted by Crippen LogP contribution is 2.18. The molecule has 1 rings (SSSR count). The van der Waals surface area contributed by atoms with Gasteiger partial charge in [-0.2, -0.15) is 0 Å². The van der Waals surface area contributed by atoms with Crippen LogP contribution in [0.1, 0.15) is 96.8 Å². The Morgan fingerprint density at radius 1 is 0.897 bits per heavy atom. The van der Waals surface area contributed by atoms with Gasteiger partial charge in [0.2, 0.25) is 0 Å². The van der Waals surface area contributed by atoms with Crippen molar-refractivity contribution < 1.29 is 14.6 Å². The van der Waals surface area contributed by atoms with Crippen LogP contribution in [-0.2, 0) is 9.63 Å². The van der Waals surface area contributed by atoms with E-state index >= 15 is 0 Å². The monoisotopic (exact) mass is 407 g/mol. The zero-order chi connectivity index (χ0) is 21.3. The van der Waals surface area contributed by atoms with Crippen molar-refractivity contribution in [2.24, 2.45) is 5.84 Å². The van der Waals surface area contributed by atoms with E-state index in [1.165, 1.54) is 88.5 Å². The number of hydrogen-bond acceptors (Lipinski definition) is 6. The Labute approximate surface area is 174 Å². The summed E-state index contributed by atoms with van der Waals surface area (Å²) >= 11 is 0. The van der Waals surface area contributed by atoms with E-state index in [4.69, 9.17) is 10.7 Å². The van der Waals surface area contributed by atoms with Gasteiger partial charge in [-0.1, -0.05) is 84.0 Å². The van der Waals surface area contributed by atoms with E-state index in [0.29, 0.717) is 12.1 Å². The number of nitrogens with zero attached hydrogens (tertiary/aromatic N) is 2. The zero-order valence-corrected chi connectivity index (χ0v) is 17.8. The largest absolute Gasteiger partial charge is 0.334 e. The van der Waals surface area contributed by atoms with Crippen LogP contribution in [0.4, 0.5) is 11.4 Å². The van der Waals surface area contributed by atoms with Crippen LogP contribution < -0.4 is 11.0 Å². The first-order valence-electron chi connectivity index (χ1n) is 11.0. The molecular weight excluding hydrogens is 370 g/mol. The molecule has 0 radical (unpaired) electrons. The summed E-state index contributed by atoms with van der Waals surface area (Å²) < 4.78 is 0. The van der Waals surface area contributed by atoms with Crippen molar-refractivity contribution >= 4 is 17.3 Å². The topological polar surface area (TPSA) is 98.7 Å². The summed E-state index contributed by atoms with van der Waals surface area (Å²) in [5, 5.41) is 11.5. The van der Waals surface area contributed by atoms with Gasteiger partial charge in [0.25, 0.3) is 5.69 Å². The van der Waals surface area contributed by atoms with E-state index in [-0.39, 0.29) is 5.69 Å². The highest BCUT2D eigenvalue weighted by atomic mass is 16.7. The lowest BCUT2D eigenvalue weighted by molar-refractivity contribution is -0.384. The molecule has 0 saturated carbocycles. The first kappa shape index (κ1) is 24.9. The minimum Gasteiger partial charge on any atom is -0.325 e. The number of carbonyl (C=O) groups is 1. The Morgan fingerprint density at radius 3 is 1.79 bits per heavy atom. The van der Waals surface area contributed by atoms with Crippen LogP contribution in [0.25, 0.3) is 0 Å². The summed E-state index contributed by atoms with van der Waals surface area (Å²) in [5.41, 5.74) is 0.342. The Balaban J connectivity index is 1.99. The van der Waals surface area contributed by atoms with E-state index in [1.54, 1.807) is 0 Å². The maximum Gasteiger partial charge on any atom is 0.334 e. The molecule has 1 aromatic rings. The van der Waals surface area contributed by atoms with E-state index in [0.717, 1.165) is 24.4 Å². The second-order valence-corrected chi connectivity index (χ2v) is 7.56. The van der Waals surface area contributed by atoms with Crippen molar-refractivity contribution in [1.82, 2.24) is 0 Å². The van der Waals surface area contributed by atoms with Crippen LogP contribution >= 0.6 is 0 Å². The fourth-order valence-corrected chi connectivity index (χ4v) is 3.22. The number of rotatable bonds is 17. The van der Waals surface area contributed by atoms with Gasteiger partial charge in [-0.3, -0.25) is 10.1 Å². The van der Waals surface area contributed by atoms with Gasteiger partial charge in [0.15, 0.2) is 0 Å². The maximum absolute atomic E-state index is 11.9. The molecule has 0 atom stereocenters. The molecule has 0 heterocycles. The van der Waals surface area contributed by atoms with Gasteiger partial charge in [0.05, 0.1) is 10.6 Å². The summed E-state index contributed by atoms with van der Waals surface area (Å²) in [7, 11) is 0. The molecule has 29 heavy (non-hydrogen) atoms. The fourth-order valence-electron chi connectivity index (χ4n) is 3.22. The normalized spacial score (nSPS) is 10.7. The van der Waals surface area contributed by atoms with Gasteiger partial charge in [-0.15, -0.1) is 5.17 Å². The van der Waals surface area contributed by atoms with E-state index in [9.17, 15) is 14.9 Å². The summed E-state index contributed by atoms with van der Waals surface area (Å²) in [5.74, 6) is 5.29. The van der Waals surface area contributed by atoms with Gasteiger partial charge in [-0.05, 0) is 18.6 Å². The number of anilines is 1. The smallest absolute Gasteiger partial charge is 0.325 e. The fraction of sp³-hybridized carbons (Fsp3) is 0.682. The molecule has 0 amide bonds. The first-order chi connectivity index (χ1) is 14.0. The number of unbranched alkanes of at least 4 members (excludes halogenated alkanes) is 12. The lowest BCUT2D eigenvalue weighted by Gasteiger charge is -2.16. The molecule has 7 nitrogen and oxygen atoms in total. The van der Waals surface area contributed by atoms with Crippen LogP contribution in [-0.4, -0.2) is 10.9 Å². The SMILES string of the molecule is CCCCCCCCCCCCCCCC(=O)ON(N)c1ccc([N+](=O)[O-])cc1. The lowest BCUT2D eigenvalue weighted by atomic mass is 10.0. The predicted octanol–water partition coefficient (Wildman–Crippen LogP) is 6.21. The van der Waals surface area contributed by atoms with Crippen LogP contribution in [0.3, 0.4) is 0 Å². The van der Waals surface area contributed by atoms with Gasteiger partial charge < -0.3 is 4.84 Å². The second kappa shape index (κ2) is 15.7. The number of benzene rings is 1. The molecule has 7 heteroatoms. The highest BCUT2D eigenvalue weighted by molar-refractivity contribution is 5.70. The predicted molar refractivity (Wildman–Crippen MR) is 116 cm³/mol. The molecule has 1 aromatic carbocycles. The summed E-state index contributed by atoms with van der Waals surface area (Å²) in [4.78, 5) is 27.0. The molecule has 0 aliphatic heterocycles. The van der Waals surface area contributed by atoms with Crippen LogP contribution in [0.15, 0.2) is 24.3 Å². The van der Waals surface area contributed by atoms with Crippen molar-refractivity contribution in [3.05, 3.63) is 34.4 Å². The van der Waals surface area contributed by atoms with Gasteiger partial charge in [0.1, 0.15) is 0 Å². The molecule has 0 unspecified atom stereocenters. The Kier molecular flexibility index (Phi) is 13.5. The van der Waals surface area contributed by atoms with Crippen LogP contribution in [0.5, 0.6) is 0 Å². The summed E-state index contributed by atoms with van der Waals surface area (Å²) in [6, 6.07) is 5.51. The minimum absolute atomic E-state index is 0.0412. The van der Waals surface area contributed by atoms with Crippen LogP contribution in [0, 0.1) is 10.1 Å². The average molecular weight is 408 g/mol. The van der Waals surface area contributed by atoms with Crippen LogP contribution in [0.2, 0.25) is 0 Å². The maximum atomic E-state index is 11.9. The number of hydrazine groups is 1. The number of hydrogen-bond donors (Lipinski definition) is 1. The van der Waals surface area contributed by atoms with Gasteiger partial charge >= 0.3 is 5.97 Å². The van der Waals surface area contributed by atoms with Crippen molar-refractivity contribution in [3.8, 4) is 0 Å². The van der Waals surface area contributed by atoms with Crippen molar-refractivity contribution in [1.29, 1.82) is 0 Å². The molecule has 0 fully saturated rings. The van der Waals surface area contributed by atoms with E-state index in [1.807, 2.05) is 0 Å². The third kappa shape index (κ3) is 12.1. The molecule has 164 valence electrons. The highest BCUT2D eigenvalue weighted by Gasteiger charge is 2.11. The first-order valence-corrected chi connectivity index (χ1v) is 11.0. The van der Waals surface area contributed by atoms with E-state index < -0.39 is 10.9 Å². The number of nitrogens with two attached hydrogens (primary N) is 1. The van der Waals surface area contributed by atoms with Gasteiger partial charge in [0, 0.05) is 18.6 Å². The quantitative estimate of drug-likeness (QED) is 0.142. The second-order valence-electron chi connectivity index (χ2n) is 7.56. The minimum atomic E-state index is -0.495. The number of nitro benzene ring substituents is 1. The molecule has 0 aliphatic rings. The molecular formula is C22H37N3O4. The van der Waals surface area contributed by atoms with Gasteiger partial charge in [-0.25, -0.2) is 10.6 Å².